The number of halogens is 3. The van der Waals surface area contributed by atoms with Gasteiger partial charge in [0.2, 0.25) is 0 Å². The highest BCUT2D eigenvalue weighted by Gasteiger charge is 2.28. The van der Waals surface area contributed by atoms with Gasteiger partial charge in [-0.05, 0) is 55.3 Å². The Labute approximate surface area is 157 Å². The largest absolute Gasteiger partial charge is 0.454 e. The van der Waals surface area contributed by atoms with E-state index in [0.29, 0.717) is 29.4 Å². The standard InChI is InChI=1S/C18H18ClFN2O2.ClH/c19-13-4-6-15(7-5-13)24-17-8-3-12(10-16(17)20)18(23)22-9-1-2-14(22)11-21;/h3-8,10,14H,1-2,9,11,21H2;1H. The predicted octanol–water partition coefficient (Wildman–Crippen LogP) is 4.26. The first-order valence-electron chi connectivity index (χ1n) is 7.82. The number of hydrogen-bond acceptors (Lipinski definition) is 3. The lowest BCUT2D eigenvalue weighted by atomic mass is 10.1. The molecule has 2 aromatic carbocycles. The minimum atomic E-state index is -0.584. The molecule has 0 aliphatic carbocycles. The van der Waals surface area contributed by atoms with Crippen LogP contribution >= 0.6 is 24.0 Å². The van der Waals surface area contributed by atoms with Crippen LogP contribution in [0.15, 0.2) is 42.5 Å². The summed E-state index contributed by atoms with van der Waals surface area (Å²) in [4.78, 5) is 14.2. The second kappa shape index (κ2) is 8.52. The average molecular weight is 385 g/mol. The van der Waals surface area contributed by atoms with E-state index in [1.807, 2.05) is 0 Å². The maximum absolute atomic E-state index is 14.3. The number of nitrogens with zero attached hydrogens (tertiary/aromatic N) is 1. The van der Waals surface area contributed by atoms with Gasteiger partial charge < -0.3 is 15.4 Å². The molecule has 25 heavy (non-hydrogen) atoms. The van der Waals surface area contributed by atoms with Crippen LogP contribution in [-0.4, -0.2) is 29.9 Å². The Hall–Kier alpha value is -1.82. The molecule has 1 aliphatic heterocycles. The van der Waals surface area contributed by atoms with Gasteiger partial charge in [-0.15, -0.1) is 12.4 Å². The number of likely N-dealkylation sites (tertiary alicyclic amines) is 1. The van der Waals surface area contributed by atoms with Gasteiger partial charge in [0.15, 0.2) is 11.6 Å². The van der Waals surface area contributed by atoms with E-state index in [1.165, 1.54) is 12.1 Å². The molecule has 2 N–H and O–H groups in total. The second-order valence-corrected chi connectivity index (χ2v) is 6.17. The quantitative estimate of drug-likeness (QED) is 0.856. The van der Waals surface area contributed by atoms with Gasteiger partial charge in [0, 0.05) is 29.7 Å². The van der Waals surface area contributed by atoms with E-state index < -0.39 is 5.82 Å². The van der Waals surface area contributed by atoms with E-state index >= 15 is 0 Å². The summed E-state index contributed by atoms with van der Waals surface area (Å²) < 4.78 is 19.8. The smallest absolute Gasteiger partial charge is 0.254 e. The maximum atomic E-state index is 14.3. The number of amides is 1. The Morgan fingerprint density at radius 1 is 1.28 bits per heavy atom. The molecular formula is C18H19Cl2FN2O2. The zero-order chi connectivity index (χ0) is 17.1. The molecule has 7 heteroatoms. The van der Waals surface area contributed by atoms with Gasteiger partial charge in [-0.2, -0.15) is 0 Å². The first-order valence-corrected chi connectivity index (χ1v) is 8.20. The van der Waals surface area contributed by atoms with Crippen molar-refractivity contribution in [2.45, 2.75) is 18.9 Å². The van der Waals surface area contributed by atoms with E-state index in [0.717, 1.165) is 12.8 Å². The summed E-state index contributed by atoms with van der Waals surface area (Å²) in [5.74, 6) is -0.245. The molecule has 1 unspecified atom stereocenters. The molecule has 0 saturated carbocycles. The SMILES string of the molecule is Cl.NCC1CCCN1C(=O)c1ccc(Oc2ccc(Cl)cc2)c(F)c1. The molecule has 4 nitrogen and oxygen atoms in total. The highest BCUT2D eigenvalue weighted by atomic mass is 35.5. The lowest BCUT2D eigenvalue weighted by Crippen LogP contribution is -2.39. The lowest BCUT2D eigenvalue weighted by molar-refractivity contribution is 0.0740. The summed E-state index contributed by atoms with van der Waals surface area (Å²) in [5, 5.41) is 0.573. The second-order valence-electron chi connectivity index (χ2n) is 5.73. The minimum Gasteiger partial charge on any atom is -0.454 e. The van der Waals surface area contributed by atoms with E-state index in [9.17, 15) is 9.18 Å². The molecular weight excluding hydrogens is 366 g/mol. The summed E-state index contributed by atoms with van der Waals surface area (Å²) in [6, 6.07) is 10.9. The van der Waals surface area contributed by atoms with Crippen LogP contribution < -0.4 is 10.5 Å². The van der Waals surface area contributed by atoms with E-state index in [2.05, 4.69) is 0 Å². The molecule has 1 aliphatic rings. The van der Waals surface area contributed by atoms with Crippen LogP contribution in [0.3, 0.4) is 0 Å². The fourth-order valence-corrected chi connectivity index (χ4v) is 2.99. The van der Waals surface area contributed by atoms with Gasteiger partial charge in [0.1, 0.15) is 5.75 Å². The first kappa shape index (κ1) is 19.5. The van der Waals surface area contributed by atoms with Gasteiger partial charge in [-0.1, -0.05) is 11.6 Å². The number of carbonyl (C=O) groups is 1. The molecule has 3 rings (SSSR count). The number of rotatable bonds is 4. The third kappa shape index (κ3) is 4.42. The number of ether oxygens (including phenoxy) is 1. The third-order valence-corrected chi connectivity index (χ3v) is 4.38. The van der Waals surface area contributed by atoms with Crippen LogP contribution in [-0.2, 0) is 0 Å². The van der Waals surface area contributed by atoms with Crippen LogP contribution in [0.4, 0.5) is 4.39 Å². The molecule has 0 spiro atoms. The van der Waals surface area contributed by atoms with E-state index in [-0.39, 0.29) is 30.1 Å². The van der Waals surface area contributed by atoms with Crippen LogP contribution in [0.1, 0.15) is 23.2 Å². The number of carbonyl (C=O) groups excluding carboxylic acids is 1. The molecule has 1 amide bonds. The van der Waals surface area contributed by atoms with E-state index in [4.69, 9.17) is 22.1 Å². The van der Waals surface area contributed by atoms with Crippen molar-refractivity contribution < 1.29 is 13.9 Å². The highest BCUT2D eigenvalue weighted by molar-refractivity contribution is 6.30. The van der Waals surface area contributed by atoms with Crippen LogP contribution in [0.2, 0.25) is 5.02 Å². The minimum absolute atomic E-state index is 0. The fraction of sp³-hybridized carbons (Fsp3) is 0.278. The van der Waals surface area contributed by atoms with Gasteiger partial charge in [-0.3, -0.25) is 4.79 Å². The molecule has 1 saturated heterocycles. The monoisotopic (exact) mass is 384 g/mol. The lowest BCUT2D eigenvalue weighted by Gasteiger charge is -2.23. The highest BCUT2D eigenvalue weighted by Crippen LogP contribution is 2.27. The molecule has 0 bridgehead atoms. The van der Waals surface area contributed by atoms with Crippen molar-refractivity contribution in [2.75, 3.05) is 13.1 Å². The summed E-state index contributed by atoms with van der Waals surface area (Å²) in [6.45, 7) is 1.08. The van der Waals surface area contributed by atoms with Crippen molar-refractivity contribution in [3.63, 3.8) is 0 Å². The number of hydrogen-bond donors (Lipinski definition) is 1. The molecule has 1 atom stereocenters. The maximum Gasteiger partial charge on any atom is 0.254 e. The summed E-state index contributed by atoms with van der Waals surface area (Å²) in [6.07, 6.45) is 1.82. The molecule has 0 radical (unpaired) electrons. The Kier molecular flexibility index (Phi) is 6.64. The molecule has 1 heterocycles. The normalized spacial score (nSPS) is 16.4. The van der Waals surface area contributed by atoms with Crippen LogP contribution in [0.25, 0.3) is 0 Å². The summed E-state index contributed by atoms with van der Waals surface area (Å²) in [5.41, 5.74) is 6.00. The first-order chi connectivity index (χ1) is 11.6. The average Bonchev–Trinajstić information content (AvgIpc) is 3.06. The molecule has 1 fully saturated rings. The van der Waals surface area contributed by atoms with Gasteiger partial charge in [-0.25, -0.2) is 4.39 Å². The van der Waals surface area contributed by atoms with Gasteiger partial charge >= 0.3 is 0 Å². The summed E-state index contributed by atoms with van der Waals surface area (Å²) >= 11 is 5.81. The van der Waals surface area contributed by atoms with Gasteiger partial charge in [0.05, 0.1) is 0 Å². The zero-order valence-corrected chi connectivity index (χ0v) is 15.0. The summed E-state index contributed by atoms with van der Waals surface area (Å²) in [7, 11) is 0. The van der Waals surface area contributed by atoms with Crippen molar-refractivity contribution in [3.05, 3.63) is 58.9 Å². The van der Waals surface area contributed by atoms with Crippen molar-refractivity contribution >= 4 is 29.9 Å². The Bertz CT molecular complexity index is 740. The Morgan fingerprint density at radius 3 is 2.64 bits per heavy atom. The zero-order valence-electron chi connectivity index (χ0n) is 13.5. The molecule has 134 valence electrons. The van der Waals surface area contributed by atoms with E-state index in [1.54, 1.807) is 35.2 Å². The number of benzene rings is 2. The Morgan fingerprint density at radius 2 is 2.00 bits per heavy atom. The predicted molar refractivity (Wildman–Crippen MR) is 98.3 cm³/mol. The van der Waals surface area contributed by atoms with Crippen molar-refractivity contribution in [3.8, 4) is 11.5 Å². The van der Waals surface area contributed by atoms with Crippen molar-refractivity contribution in [1.82, 2.24) is 4.90 Å². The van der Waals surface area contributed by atoms with Gasteiger partial charge in [0.25, 0.3) is 5.91 Å². The molecule has 2 aromatic rings. The Balaban J connectivity index is 0.00000225. The molecule has 0 aromatic heterocycles. The van der Waals surface area contributed by atoms with Crippen molar-refractivity contribution in [2.24, 2.45) is 5.73 Å². The topological polar surface area (TPSA) is 55.6 Å². The third-order valence-electron chi connectivity index (χ3n) is 4.13. The van der Waals surface area contributed by atoms with Crippen LogP contribution in [0.5, 0.6) is 11.5 Å². The number of nitrogens with two attached hydrogens (primary N) is 1. The fourth-order valence-electron chi connectivity index (χ4n) is 2.86. The van der Waals surface area contributed by atoms with Crippen molar-refractivity contribution in [1.29, 1.82) is 0 Å². The van der Waals surface area contributed by atoms with Crippen LogP contribution in [0, 0.1) is 5.82 Å².